The summed E-state index contributed by atoms with van der Waals surface area (Å²) in [6.45, 7) is 4.25. The number of hydrogen-bond acceptors (Lipinski definition) is 3. The number of carbonyl (C=O) groups is 1. The molecule has 0 radical (unpaired) electrons. The number of methoxy groups -OCH3 is 1. The maximum atomic E-state index is 12.2. The zero-order valence-corrected chi connectivity index (χ0v) is 12.0. The largest absolute Gasteiger partial charge is 0.388 e. The SMILES string of the molecule is CNc1ccc(C(=O)NC2CC(OC)C2(C)C)cc1. The molecule has 0 bridgehead atoms. The van der Waals surface area contributed by atoms with Crippen molar-refractivity contribution in [3.63, 3.8) is 0 Å². The summed E-state index contributed by atoms with van der Waals surface area (Å²) in [6, 6.07) is 7.65. The van der Waals surface area contributed by atoms with Gasteiger partial charge >= 0.3 is 0 Å². The van der Waals surface area contributed by atoms with Crippen molar-refractivity contribution >= 4 is 11.6 Å². The minimum atomic E-state index is -0.0183. The highest BCUT2D eigenvalue weighted by atomic mass is 16.5. The highest BCUT2D eigenvalue weighted by molar-refractivity contribution is 5.94. The zero-order valence-electron chi connectivity index (χ0n) is 12.0. The summed E-state index contributed by atoms with van der Waals surface area (Å²) < 4.78 is 5.39. The number of carbonyl (C=O) groups excluding carboxylic acids is 1. The Hall–Kier alpha value is -1.55. The van der Waals surface area contributed by atoms with Crippen LogP contribution in [0.1, 0.15) is 30.6 Å². The van der Waals surface area contributed by atoms with Gasteiger partial charge in [0.15, 0.2) is 0 Å². The van der Waals surface area contributed by atoms with Crippen LogP contribution in [0, 0.1) is 5.41 Å². The molecule has 2 atom stereocenters. The Bertz CT molecular complexity index is 454. The van der Waals surface area contributed by atoms with Crippen molar-refractivity contribution in [2.45, 2.75) is 32.4 Å². The second-order valence-corrected chi connectivity index (χ2v) is 5.63. The van der Waals surface area contributed by atoms with Crippen LogP contribution in [0.25, 0.3) is 0 Å². The molecular formula is C15H22N2O2. The van der Waals surface area contributed by atoms with E-state index in [4.69, 9.17) is 4.74 Å². The van der Waals surface area contributed by atoms with E-state index in [1.807, 2.05) is 31.3 Å². The van der Waals surface area contributed by atoms with Crippen molar-refractivity contribution in [1.29, 1.82) is 0 Å². The maximum absolute atomic E-state index is 12.2. The molecule has 0 heterocycles. The molecule has 19 heavy (non-hydrogen) atoms. The molecule has 4 heteroatoms. The van der Waals surface area contributed by atoms with Gasteiger partial charge in [-0.3, -0.25) is 4.79 Å². The smallest absolute Gasteiger partial charge is 0.251 e. The lowest BCUT2D eigenvalue weighted by molar-refractivity contribution is -0.0942. The van der Waals surface area contributed by atoms with E-state index in [9.17, 15) is 4.79 Å². The topological polar surface area (TPSA) is 50.4 Å². The molecule has 1 aromatic carbocycles. The zero-order chi connectivity index (χ0) is 14.0. The molecule has 0 spiro atoms. The van der Waals surface area contributed by atoms with E-state index in [0.717, 1.165) is 12.1 Å². The molecule has 1 aliphatic rings. The number of amides is 1. The van der Waals surface area contributed by atoms with E-state index in [1.54, 1.807) is 7.11 Å². The van der Waals surface area contributed by atoms with Crippen LogP contribution in [0.4, 0.5) is 5.69 Å². The molecule has 1 aliphatic carbocycles. The highest BCUT2D eigenvalue weighted by Gasteiger charge is 2.49. The Labute approximate surface area is 114 Å². The number of hydrogen-bond donors (Lipinski definition) is 2. The summed E-state index contributed by atoms with van der Waals surface area (Å²) in [7, 11) is 3.58. The number of nitrogens with one attached hydrogen (secondary N) is 2. The average Bonchev–Trinajstić information content (AvgIpc) is 2.42. The van der Waals surface area contributed by atoms with E-state index in [-0.39, 0.29) is 23.5 Å². The fourth-order valence-electron chi connectivity index (χ4n) is 2.56. The molecule has 104 valence electrons. The molecule has 4 nitrogen and oxygen atoms in total. The van der Waals surface area contributed by atoms with Gasteiger partial charge in [0.05, 0.1) is 6.10 Å². The quantitative estimate of drug-likeness (QED) is 0.875. The van der Waals surface area contributed by atoms with Crippen molar-refractivity contribution in [3.8, 4) is 0 Å². The number of rotatable bonds is 4. The monoisotopic (exact) mass is 262 g/mol. The predicted octanol–water partition coefficient (Wildman–Crippen LogP) is 2.27. The summed E-state index contributed by atoms with van der Waals surface area (Å²) in [4.78, 5) is 12.2. The minimum absolute atomic E-state index is 0.00464. The van der Waals surface area contributed by atoms with E-state index < -0.39 is 0 Å². The van der Waals surface area contributed by atoms with Gasteiger partial charge in [-0.25, -0.2) is 0 Å². The average molecular weight is 262 g/mol. The van der Waals surface area contributed by atoms with E-state index in [0.29, 0.717) is 5.56 Å². The number of ether oxygens (including phenoxy) is 1. The van der Waals surface area contributed by atoms with Crippen LogP contribution in [0.3, 0.4) is 0 Å². The van der Waals surface area contributed by atoms with Gasteiger partial charge in [-0.05, 0) is 30.7 Å². The second-order valence-electron chi connectivity index (χ2n) is 5.63. The van der Waals surface area contributed by atoms with Crippen LogP contribution < -0.4 is 10.6 Å². The fourth-order valence-corrected chi connectivity index (χ4v) is 2.56. The van der Waals surface area contributed by atoms with Crippen molar-refractivity contribution in [2.75, 3.05) is 19.5 Å². The van der Waals surface area contributed by atoms with Crippen molar-refractivity contribution in [1.82, 2.24) is 5.32 Å². The minimum Gasteiger partial charge on any atom is -0.388 e. The molecule has 0 aromatic heterocycles. The lowest BCUT2D eigenvalue weighted by atomic mass is 9.64. The van der Waals surface area contributed by atoms with Crippen molar-refractivity contribution in [3.05, 3.63) is 29.8 Å². The molecule has 0 aliphatic heterocycles. The lowest BCUT2D eigenvalue weighted by Crippen LogP contribution is -2.61. The van der Waals surface area contributed by atoms with Crippen molar-refractivity contribution < 1.29 is 9.53 Å². The first-order valence-corrected chi connectivity index (χ1v) is 6.60. The van der Waals surface area contributed by atoms with Gasteiger partial charge in [0.2, 0.25) is 0 Å². The van der Waals surface area contributed by atoms with Crippen LogP contribution in [0.2, 0.25) is 0 Å². The summed E-state index contributed by atoms with van der Waals surface area (Å²) in [5.74, 6) is -0.0183. The third kappa shape index (κ3) is 2.59. The van der Waals surface area contributed by atoms with E-state index in [1.165, 1.54) is 0 Å². The first-order chi connectivity index (χ1) is 8.98. The molecule has 1 amide bonds. The summed E-state index contributed by atoms with van der Waals surface area (Å²) in [5.41, 5.74) is 1.69. The Morgan fingerprint density at radius 3 is 2.42 bits per heavy atom. The van der Waals surface area contributed by atoms with Gasteiger partial charge < -0.3 is 15.4 Å². The van der Waals surface area contributed by atoms with Gasteiger partial charge in [-0.2, -0.15) is 0 Å². The Balaban J connectivity index is 1.98. The van der Waals surface area contributed by atoms with E-state index in [2.05, 4.69) is 24.5 Å². The predicted molar refractivity (Wildman–Crippen MR) is 76.4 cm³/mol. The van der Waals surface area contributed by atoms with Crippen molar-refractivity contribution in [2.24, 2.45) is 5.41 Å². The fraction of sp³-hybridized carbons (Fsp3) is 0.533. The molecular weight excluding hydrogens is 240 g/mol. The molecule has 1 aromatic rings. The van der Waals surface area contributed by atoms with Crippen LogP contribution in [-0.2, 0) is 4.74 Å². The van der Waals surface area contributed by atoms with Crippen LogP contribution >= 0.6 is 0 Å². The molecule has 2 unspecified atom stereocenters. The molecule has 2 N–H and O–H groups in total. The van der Waals surface area contributed by atoms with Crippen LogP contribution in [0.5, 0.6) is 0 Å². The second kappa shape index (κ2) is 5.21. The number of anilines is 1. The molecule has 1 saturated carbocycles. The maximum Gasteiger partial charge on any atom is 0.251 e. The highest BCUT2D eigenvalue weighted by Crippen LogP contribution is 2.42. The third-order valence-electron chi connectivity index (χ3n) is 4.20. The standard InChI is InChI=1S/C15H22N2O2/c1-15(2)12(9-13(15)19-4)17-14(18)10-5-7-11(16-3)8-6-10/h5-8,12-13,16H,9H2,1-4H3,(H,17,18). The van der Waals surface area contributed by atoms with Gasteiger partial charge in [-0.15, -0.1) is 0 Å². The molecule has 2 rings (SSSR count). The third-order valence-corrected chi connectivity index (χ3v) is 4.20. The Morgan fingerprint density at radius 2 is 1.95 bits per heavy atom. The number of benzene rings is 1. The summed E-state index contributed by atoms with van der Waals surface area (Å²) >= 11 is 0. The Kier molecular flexibility index (Phi) is 3.80. The van der Waals surface area contributed by atoms with Gasteiger partial charge in [0.25, 0.3) is 5.91 Å². The summed E-state index contributed by atoms with van der Waals surface area (Å²) in [5, 5.41) is 6.12. The Morgan fingerprint density at radius 1 is 1.32 bits per heavy atom. The first kappa shape index (κ1) is 13.9. The summed E-state index contributed by atoms with van der Waals surface area (Å²) in [6.07, 6.45) is 1.11. The van der Waals surface area contributed by atoms with Crippen LogP contribution in [0.15, 0.2) is 24.3 Å². The molecule has 1 fully saturated rings. The van der Waals surface area contributed by atoms with Gasteiger partial charge in [0, 0.05) is 36.9 Å². The van der Waals surface area contributed by atoms with Gasteiger partial charge in [-0.1, -0.05) is 13.8 Å². The van der Waals surface area contributed by atoms with E-state index >= 15 is 0 Å². The normalized spacial score (nSPS) is 24.4. The lowest BCUT2D eigenvalue weighted by Gasteiger charge is -2.51. The van der Waals surface area contributed by atoms with Crippen LogP contribution in [-0.4, -0.2) is 32.2 Å². The first-order valence-electron chi connectivity index (χ1n) is 6.60. The van der Waals surface area contributed by atoms with Gasteiger partial charge in [0.1, 0.15) is 0 Å². The molecule has 0 saturated heterocycles.